The van der Waals surface area contributed by atoms with Crippen molar-refractivity contribution in [2.45, 2.75) is 38.5 Å². The molecule has 1 fully saturated rings. The van der Waals surface area contributed by atoms with Crippen molar-refractivity contribution < 1.29 is 4.52 Å². The van der Waals surface area contributed by atoms with Crippen LogP contribution in [-0.4, -0.2) is 52.0 Å². The van der Waals surface area contributed by atoms with E-state index in [1.54, 1.807) is 0 Å². The van der Waals surface area contributed by atoms with E-state index in [9.17, 15) is 0 Å². The number of rotatable bonds is 6. The molecule has 0 unspecified atom stereocenters. The van der Waals surface area contributed by atoms with E-state index in [0.29, 0.717) is 11.7 Å². The van der Waals surface area contributed by atoms with Crippen LogP contribution in [0.5, 0.6) is 0 Å². The minimum absolute atomic E-state index is 0. The van der Waals surface area contributed by atoms with Gasteiger partial charge in [0.2, 0.25) is 11.7 Å². The van der Waals surface area contributed by atoms with Crippen LogP contribution in [0.3, 0.4) is 0 Å². The fraction of sp³-hybridized carbons (Fsp3) is 0.611. The molecule has 0 bridgehead atoms. The predicted octanol–water partition coefficient (Wildman–Crippen LogP) is 3.26. The number of halogens is 2. The molecule has 2 aromatic heterocycles. The van der Waals surface area contributed by atoms with Gasteiger partial charge in [0.25, 0.3) is 0 Å². The Morgan fingerprint density at radius 2 is 2.07 bits per heavy atom. The second-order valence-electron chi connectivity index (χ2n) is 6.76. The molecule has 4 rings (SSSR count). The van der Waals surface area contributed by atoms with E-state index in [0.717, 1.165) is 48.8 Å². The lowest BCUT2D eigenvalue weighted by atomic mass is 9.95. The molecule has 1 N–H and O–H groups in total. The van der Waals surface area contributed by atoms with E-state index < -0.39 is 0 Å². The third-order valence-electron chi connectivity index (χ3n) is 5.00. The van der Waals surface area contributed by atoms with Crippen LogP contribution in [0.4, 0.5) is 0 Å². The van der Waals surface area contributed by atoms with Gasteiger partial charge in [-0.05, 0) is 56.9 Å². The van der Waals surface area contributed by atoms with Gasteiger partial charge < -0.3 is 14.7 Å². The van der Waals surface area contributed by atoms with Gasteiger partial charge in [0, 0.05) is 36.3 Å². The summed E-state index contributed by atoms with van der Waals surface area (Å²) in [6.07, 6.45) is 5.65. The Morgan fingerprint density at radius 3 is 2.89 bits per heavy atom. The molecule has 0 atom stereocenters. The van der Waals surface area contributed by atoms with Crippen LogP contribution >= 0.6 is 36.6 Å². The van der Waals surface area contributed by atoms with Crippen LogP contribution in [0.2, 0.25) is 0 Å². The minimum atomic E-state index is 0. The maximum Gasteiger partial charge on any atom is 0.236 e. The van der Waals surface area contributed by atoms with Gasteiger partial charge in [-0.1, -0.05) is 5.16 Å². The number of pyridine rings is 1. The van der Waals surface area contributed by atoms with Gasteiger partial charge in [-0.25, -0.2) is 0 Å². The first kappa shape index (κ1) is 22.4. The van der Waals surface area contributed by atoms with E-state index in [2.05, 4.69) is 25.3 Å². The molecule has 2 aliphatic rings. The highest BCUT2D eigenvalue weighted by Crippen LogP contribution is 2.29. The maximum absolute atomic E-state index is 5.50. The topological polar surface area (TPSA) is 67.1 Å². The number of hydrogen-bond donors (Lipinski definition) is 1. The van der Waals surface area contributed by atoms with Crippen molar-refractivity contribution >= 4 is 36.6 Å². The number of hydrogen-bond acceptors (Lipinski definition) is 7. The van der Waals surface area contributed by atoms with E-state index >= 15 is 0 Å². The molecule has 0 radical (unpaired) electrons. The number of likely N-dealkylation sites (tertiary alicyclic amines) is 1. The zero-order valence-electron chi connectivity index (χ0n) is 15.6. The molecule has 1 saturated heterocycles. The number of fused-ring (bicyclic) bond motifs is 1. The largest absolute Gasteiger partial charge is 0.338 e. The van der Waals surface area contributed by atoms with Gasteiger partial charge in [0.05, 0.1) is 5.75 Å². The monoisotopic (exact) mass is 431 g/mol. The van der Waals surface area contributed by atoms with Crippen molar-refractivity contribution in [3.8, 4) is 11.4 Å². The smallest absolute Gasteiger partial charge is 0.236 e. The van der Waals surface area contributed by atoms with Gasteiger partial charge in [-0.2, -0.15) is 16.7 Å². The second kappa shape index (κ2) is 10.6. The molecule has 9 heteroatoms. The van der Waals surface area contributed by atoms with Gasteiger partial charge in [0.15, 0.2) is 0 Å². The van der Waals surface area contributed by atoms with Crippen molar-refractivity contribution in [1.82, 2.24) is 25.3 Å². The first-order valence-corrected chi connectivity index (χ1v) is 10.3. The predicted molar refractivity (Wildman–Crippen MR) is 114 cm³/mol. The number of nitrogens with zero attached hydrogens (tertiary/aromatic N) is 4. The Kier molecular flexibility index (Phi) is 8.82. The standard InChI is InChI=1S/C18H25N5OS.2ClH/c1-13-17(15-4-5-19-10-14(15)11-20-13)18-21-16(24-22-18)12-25-9-8-23-6-2-3-7-23;;/h11,19H,2-10,12H2,1H3;2*1H. The molecule has 0 saturated carbocycles. The summed E-state index contributed by atoms with van der Waals surface area (Å²) in [6, 6.07) is 0. The van der Waals surface area contributed by atoms with Crippen molar-refractivity contribution in [3.63, 3.8) is 0 Å². The number of aromatic nitrogens is 3. The maximum atomic E-state index is 5.50. The molecular formula is C18H27Cl2N5OS. The zero-order valence-corrected chi connectivity index (χ0v) is 18.0. The highest BCUT2D eigenvalue weighted by atomic mass is 35.5. The molecule has 2 aromatic rings. The van der Waals surface area contributed by atoms with E-state index in [4.69, 9.17) is 4.52 Å². The average molecular weight is 432 g/mol. The number of nitrogens with one attached hydrogen (secondary N) is 1. The molecule has 0 aliphatic carbocycles. The summed E-state index contributed by atoms with van der Waals surface area (Å²) in [5.74, 6) is 3.31. The van der Waals surface area contributed by atoms with Gasteiger partial charge in [-0.15, -0.1) is 24.8 Å². The lowest BCUT2D eigenvalue weighted by Gasteiger charge is -2.19. The summed E-state index contributed by atoms with van der Waals surface area (Å²) in [5.41, 5.74) is 4.62. The van der Waals surface area contributed by atoms with Crippen LogP contribution in [0.15, 0.2) is 10.7 Å². The highest BCUT2D eigenvalue weighted by molar-refractivity contribution is 7.98. The quantitative estimate of drug-likeness (QED) is 0.703. The van der Waals surface area contributed by atoms with Gasteiger partial charge >= 0.3 is 0 Å². The molecule has 0 spiro atoms. The Balaban J connectivity index is 0.00000131. The molecule has 0 amide bonds. The summed E-state index contributed by atoms with van der Waals surface area (Å²) in [4.78, 5) is 11.7. The van der Waals surface area contributed by atoms with Gasteiger partial charge in [-0.3, -0.25) is 4.98 Å². The van der Waals surface area contributed by atoms with Gasteiger partial charge in [0.1, 0.15) is 0 Å². The molecule has 150 valence electrons. The normalized spacial score (nSPS) is 16.5. The lowest BCUT2D eigenvalue weighted by Crippen LogP contribution is -2.24. The molecule has 4 heterocycles. The Morgan fingerprint density at radius 1 is 1.26 bits per heavy atom. The zero-order chi connectivity index (χ0) is 17.1. The summed E-state index contributed by atoms with van der Waals surface area (Å²) in [5, 5.41) is 7.63. The first-order chi connectivity index (χ1) is 12.3. The fourth-order valence-corrected chi connectivity index (χ4v) is 4.47. The lowest BCUT2D eigenvalue weighted by molar-refractivity contribution is 0.361. The van der Waals surface area contributed by atoms with E-state index in [1.165, 1.54) is 37.1 Å². The van der Waals surface area contributed by atoms with E-state index in [1.807, 2.05) is 24.9 Å². The number of aryl methyl sites for hydroxylation is 1. The van der Waals surface area contributed by atoms with Crippen LogP contribution in [0.25, 0.3) is 11.4 Å². The van der Waals surface area contributed by atoms with Crippen LogP contribution in [0, 0.1) is 6.92 Å². The third kappa shape index (κ3) is 5.35. The fourth-order valence-electron chi connectivity index (χ4n) is 3.64. The summed E-state index contributed by atoms with van der Waals surface area (Å²) in [7, 11) is 0. The van der Waals surface area contributed by atoms with Crippen molar-refractivity contribution in [1.29, 1.82) is 0 Å². The first-order valence-electron chi connectivity index (χ1n) is 9.12. The summed E-state index contributed by atoms with van der Waals surface area (Å²) in [6.45, 7) is 7.55. The summed E-state index contributed by atoms with van der Waals surface area (Å²) >= 11 is 1.87. The second-order valence-corrected chi connectivity index (χ2v) is 7.87. The minimum Gasteiger partial charge on any atom is -0.338 e. The molecule has 0 aromatic carbocycles. The third-order valence-corrected chi connectivity index (χ3v) is 5.92. The Bertz CT molecular complexity index is 737. The van der Waals surface area contributed by atoms with Crippen molar-refractivity contribution in [2.24, 2.45) is 0 Å². The van der Waals surface area contributed by atoms with Crippen molar-refractivity contribution in [3.05, 3.63) is 28.9 Å². The van der Waals surface area contributed by atoms with Crippen molar-refractivity contribution in [2.75, 3.05) is 31.9 Å². The Labute approximate surface area is 177 Å². The summed E-state index contributed by atoms with van der Waals surface area (Å²) < 4.78 is 5.50. The Hall–Kier alpha value is -0.860. The molecule has 27 heavy (non-hydrogen) atoms. The van der Waals surface area contributed by atoms with E-state index in [-0.39, 0.29) is 24.8 Å². The van der Waals surface area contributed by atoms with Crippen LogP contribution in [0.1, 0.15) is 35.6 Å². The molecule has 6 nitrogen and oxygen atoms in total. The van der Waals surface area contributed by atoms with Crippen LogP contribution < -0.4 is 5.32 Å². The number of thioether (sulfide) groups is 1. The molecule has 2 aliphatic heterocycles. The van der Waals surface area contributed by atoms with Crippen LogP contribution in [-0.2, 0) is 18.7 Å². The average Bonchev–Trinajstić information content (AvgIpc) is 3.30. The SMILES string of the molecule is Cc1ncc2c(c1-c1noc(CSCCN3CCCC3)n1)CCNC2.Cl.Cl. The highest BCUT2D eigenvalue weighted by Gasteiger charge is 2.21. The molecular weight excluding hydrogens is 405 g/mol.